The van der Waals surface area contributed by atoms with Crippen molar-refractivity contribution in [3.63, 3.8) is 0 Å². The van der Waals surface area contributed by atoms with E-state index < -0.39 is 10.8 Å². The molecule has 0 aliphatic carbocycles. The summed E-state index contributed by atoms with van der Waals surface area (Å²) in [5.74, 6) is 0.405. The van der Waals surface area contributed by atoms with Gasteiger partial charge in [-0.05, 0) is 32.0 Å². The minimum absolute atomic E-state index is 0.0256. The van der Waals surface area contributed by atoms with Crippen LogP contribution < -0.4 is 16.4 Å². The fraction of sp³-hybridized carbons (Fsp3) is 0.462. The molecule has 0 fully saturated rings. The van der Waals surface area contributed by atoms with Crippen LogP contribution in [0, 0.1) is 0 Å². The van der Waals surface area contributed by atoms with E-state index in [0.717, 1.165) is 0 Å². The molecule has 0 saturated carbocycles. The predicted octanol–water partition coefficient (Wildman–Crippen LogP) is 1.20. The standard InChI is InChI=1S/C13H21N3O2S/c1-4-15-13(17)10-5-6-11(14)12(7-10)16-9(2)8-19(3)18/h5-7,9,16H,4,8,14H2,1-3H3,(H,15,17). The highest BCUT2D eigenvalue weighted by molar-refractivity contribution is 7.84. The van der Waals surface area contributed by atoms with Crippen LogP contribution in [0.1, 0.15) is 24.2 Å². The highest BCUT2D eigenvalue weighted by atomic mass is 32.2. The van der Waals surface area contributed by atoms with E-state index in [0.29, 0.717) is 29.2 Å². The number of carbonyl (C=O) groups is 1. The molecule has 1 aromatic rings. The quantitative estimate of drug-likeness (QED) is 0.685. The molecule has 0 aliphatic heterocycles. The van der Waals surface area contributed by atoms with E-state index >= 15 is 0 Å². The normalized spacial score (nSPS) is 13.6. The molecule has 0 radical (unpaired) electrons. The van der Waals surface area contributed by atoms with Crippen LogP contribution in [0.3, 0.4) is 0 Å². The third-order valence-electron chi connectivity index (χ3n) is 2.54. The summed E-state index contributed by atoms with van der Waals surface area (Å²) in [5, 5.41) is 5.92. The van der Waals surface area contributed by atoms with Gasteiger partial charge in [0.1, 0.15) is 0 Å². The zero-order valence-corrected chi connectivity index (χ0v) is 12.3. The van der Waals surface area contributed by atoms with Gasteiger partial charge in [0.15, 0.2) is 0 Å². The number of hydrogen-bond donors (Lipinski definition) is 3. The van der Waals surface area contributed by atoms with Gasteiger partial charge in [0, 0.05) is 41.0 Å². The molecule has 1 amide bonds. The van der Waals surface area contributed by atoms with E-state index in [1.165, 1.54) is 0 Å². The van der Waals surface area contributed by atoms with E-state index in [1.54, 1.807) is 24.5 Å². The Balaban J connectivity index is 2.85. The summed E-state index contributed by atoms with van der Waals surface area (Å²) in [6.07, 6.45) is 1.66. The molecule has 4 N–H and O–H groups in total. The van der Waals surface area contributed by atoms with Crippen molar-refractivity contribution in [2.24, 2.45) is 0 Å². The van der Waals surface area contributed by atoms with E-state index in [-0.39, 0.29) is 11.9 Å². The average Bonchev–Trinajstić information content (AvgIpc) is 2.31. The molecule has 0 saturated heterocycles. The lowest BCUT2D eigenvalue weighted by molar-refractivity contribution is 0.0956. The molecule has 6 heteroatoms. The molecule has 1 rings (SSSR count). The number of carbonyl (C=O) groups excluding carboxylic acids is 1. The first kappa shape index (κ1) is 15.5. The fourth-order valence-electron chi connectivity index (χ4n) is 1.74. The Labute approximate surface area is 116 Å². The summed E-state index contributed by atoms with van der Waals surface area (Å²) in [6.45, 7) is 4.38. The smallest absolute Gasteiger partial charge is 0.251 e. The number of amides is 1. The summed E-state index contributed by atoms with van der Waals surface area (Å²) >= 11 is 0. The van der Waals surface area contributed by atoms with Crippen molar-refractivity contribution >= 4 is 28.1 Å². The average molecular weight is 283 g/mol. The Morgan fingerprint density at radius 3 is 2.74 bits per heavy atom. The van der Waals surface area contributed by atoms with Crippen molar-refractivity contribution in [1.29, 1.82) is 0 Å². The molecular formula is C13H21N3O2S. The maximum atomic E-state index is 11.7. The predicted molar refractivity (Wildman–Crippen MR) is 80.9 cm³/mol. The Kier molecular flexibility index (Phi) is 5.82. The largest absolute Gasteiger partial charge is 0.397 e. The lowest BCUT2D eigenvalue weighted by Gasteiger charge is -2.16. The molecule has 19 heavy (non-hydrogen) atoms. The van der Waals surface area contributed by atoms with Crippen LogP contribution in [0.15, 0.2) is 18.2 Å². The van der Waals surface area contributed by atoms with Crippen LogP contribution in [0.25, 0.3) is 0 Å². The van der Waals surface area contributed by atoms with Crippen LogP contribution in [0.5, 0.6) is 0 Å². The molecule has 0 heterocycles. The topological polar surface area (TPSA) is 84.2 Å². The molecule has 2 unspecified atom stereocenters. The van der Waals surface area contributed by atoms with Crippen LogP contribution in [-0.4, -0.2) is 34.7 Å². The highest BCUT2D eigenvalue weighted by Gasteiger charge is 2.10. The van der Waals surface area contributed by atoms with Crippen LogP contribution in [0.4, 0.5) is 11.4 Å². The zero-order valence-electron chi connectivity index (χ0n) is 11.5. The number of hydrogen-bond acceptors (Lipinski definition) is 4. The minimum atomic E-state index is -0.876. The van der Waals surface area contributed by atoms with Gasteiger partial charge in [-0.3, -0.25) is 9.00 Å². The summed E-state index contributed by atoms with van der Waals surface area (Å²) in [7, 11) is -0.876. The molecule has 5 nitrogen and oxygen atoms in total. The van der Waals surface area contributed by atoms with Gasteiger partial charge < -0.3 is 16.4 Å². The number of anilines is 2. The van der Waals surface area contributed by atoms with Crippen LogP contribution >= 0.6 is 0 Å². The van der Waals surface area contributed by atoms with E-state index in [9.17, 15) is 9.00 Å². The Morgan fingerprint density at radius 1 is 1.47 bits per heavy atom. The van der Waals surface area contributed by atoms with Crippen molar-refractivity contribution in [3.8, 4) is 0 Å². The molecule has 0 aliphatic rings. The van der Waals surface area contributed by atoms with Gasteiger partial charge in [-0.2, -0.15) is 0 Å². The first-order valence-corrected chi connectivity index (χ1v) is 7.91. The number of nitrogens with two attached hydrogens (primary N) is 1. The Hall–Kier alpha value is -1.56. The molecular weight excluding hydrogens is 262 g/mol. The lowest BCUT2D eigenvalue weighted by Crippen LogP contribution is -2.25. The van der Waals surface area contributed by atoms with Crippen LogP contribution in [-0.2, 0) is 10.8 Å². The maximum absolute atomic E-state index is 11.7. The van der Waals surface area contributed by atoms with Gasteiger partial charge in [-0.1, -0.05) is 0 Å². The van der Waals surface area contributed by atoms with Crippen molar-refractivity contribution in [1.82, 2.24) is 5.32 Å². The van der Waals surface area contributed by atoms with Crippen molar-refractivity contribution in [3.05, 3.63) is 23.8 Å². The van der Waals surface area contributed by atoms with Gasteiger partial charge in [0.25, 0.3) is 5.91 Å². The van der Waals surface area contributed by atoms with Crippen LogP contribution in [0.2, 0.25) is 0 Å². The second-order valence-electron chi connectivity index (χ2n) is 4.45. The third kappa shape index (κ3) is 4.90. The third-order valence-corrected chi connectivity index (χ3v) is 3.51. The Bertz CT molecular complexity index is 477. The van der Waals surface area contributed by atoms with E-state index in [4.69, 9.17) is 5.73 Å². The number of benzene rings is 1. The Morgan fingerprint density at radius 2 is 2.16 bits per heavy atom. The lowest BCUT2D eigenvalue weighted by atomic mass is 10.1. The second-order valence-corrected chi connectivity index (χ2v) is 5.93. The molecule has 2 atom stereocenters. The molecule has 1 aromatic carbocycles. The molecule has 0 bridgehead atoms. The van der Waals surface area contributed by atoms with Gasteiger partial charge in [0.2, 0.25) is 0 Å². The molecule has 0 aromatic heterocycles. The first-order chi connectivity index (χ1) is 8.93. The van der Waals surface area contributed by atoms with Crippen molar-refractivity contribution < 1.29 is 9.00 Å². The zero-order chi connectivity index (χ0) is 14.4. The van der Waals surface area contributed by atoms with Crippen molar-refractivity contribution in [2.75, 3.05) is 29.6 Å². The monoisotopic (exact) mass is 283 g/mol. The summed E-state index contributed by atoms with van der Waals surface area (Å²) in [5.41, 5.74) is 7.70. The van der Waals surface area contributed by atoms with Gasteiger partial charge in [-0.25, -0.2) is 0 Å². The van der Waals surface area contributed by atoms with E-state index in [1.807, 2.05) is 13.8 Å². The number of rotatable bonds is 6. The summed E-state index contributed by atoms with van der Waals surface area (Å²) in [6, 6.07) is 5.13. The molecule has 0 spiro atoms. The van der Waals surface area contributed by atoms with Gasteiger partial charge in [0.05, 0.1) is 11.4 Å². The second kappa shape index (κ2) is 7.13. The fourth-order valence-corrected chi connectivity index (χ4v) is 2.53. The summed E-state index contributed by atoms with van der Waals surface area (Å²) < 4.78 is 11.2. The first-order valence-electron chi connectivity index (χ1n) is 6.18. The van der Waals surface area contributed by atoms with Gasteiger partial charge in [-0.15, -0.1) is 0 Å². The highest BCUT2D eigenvalue weighted by Crippen LogP contribution is 2.21. The molecule has 106 valence electrons. The number of nitrogens with one attached hydrogen (secondary N) is 2. The summed E-state index contributed by atoms with van der Waals surface area (Å²) in [4.78, 5) is 11.7. The SMILES string of the molecule is CCNC(=O)c1ccc(N)c(NC(C)CS(C)=O)c1. The number of nitrogen functional groups attached to an aromatic ring is 1. The van der Waals surface area contributed by atoms with Crippen molar-refractivity contribution in [2.45, 2.75) is 19.9 Å². The van der Waals surface area contributed by atoms with Gasteiger partial charge >= 0.3 is 0 Å². The van der Waals surface area contributed by atoms with E-state index in [2.05, 4.69) is 10.6 Å². The minimum Gasteiger partial charge on any atom is -0.397 e. The maximum Gasteiger partial charge on any atom is 0.251 e.